The molecule has 1 unspecified atom stereocenters. The summed E-state index contributed by atoms with van der Waals surface area (Å²) >= 11 is 9.03. The van der Waals surface area contributed by atoms with Crippen molar-refractivity contribution in [1.29, 1.82) is 0 Å². The molecule has 1 amide bonds. The second-order valence-electron chi connectivity index (χ2n) is 5.33. The van der Waals surface area contributed by atoms with Crippen LogP contribution in [0.3, 0.4) is 0 Å². The number of benzene rings is 2. The van der Waals surface area contributed by atoms with Gasteiger partial charge in [-0.15, -0.1) is 0 Å². The first kappa shape index (κ1) is 21.0. The van der Waals surface area contributed by atoms with E-state index in [1.807, 2.05) is 0 Å². The van der Waals surface area contributed by atoms with Gasteiger partial charge in [-0.2, -0.15) is 0 Å². The Morgan fingerprint density at radius 1 is 1.22 bits per heavy atom. The highest BCUT2D eigenvalue weighted by molar-refractivity contribution is 9.10. The van der Waals surface area contributed by atoms with E-state index in [1.54, 1.807) is 12.1 Å². The topological polar surface area (TPSA) is 73.9 Å². The van der Waals surface area contributed by atoms with Crippen molar-refractivity contribution in [1.82, 2.24) is 0 Å². The van der Waals surface area contributed by atoms with Crippen LogP contribution >= 0.6 is 27.5 Å². The van der Waals surface area contributed by atoms with E-state index in [9.17, 15) is 14.0 Å². The maximum Gasteiger partial charge on any atom is 0.344 e. The molecule has 0 aliphatic heterocycles. The highest BCUT2D eigenvalue weighted by Crippen LogP contribution is 2.28. The molecule has 0 bridgehead atoms. The molecule has 0 saturated heterocycles. The van der Waals surface area contributed by atoms with Crippen LogP contribution in [0.1, 0.15) is 6.92 Å². The second kappa shape index (κ2) is 9.57. The number of carbonyl (C=O) groups excluding carboxylic acids is 2. The molecular weight excluding hydrogens is 445 g/mol. The van der Waals surface area contributed by atoms with Gasteiger partial charge >= 0.3 is 5.97 Å². The third-order valence-electron chi connectivity index (χ3n) is 3.34. The van der Waals surface area contributed by atoms with Crippen LogP contribution in [0.5, 0.6) is 11.5 Å². The van der Waals surface area contributed by atoms with Crippen molar-refractivity contribution in [3.8, 4) is 11.5 Å². The lowest BCUT2D eigenvalue weighted by molar-refractivity contribution is -0.155. The van der Waals surface area contributed by atoms with Crippen LogP contribution in [0, 0.1) is 5.82 Å². The molecule has 0 fully saturated rings. The number of methoxy groups -OCH3 is 1. The molecule has 2 aromatic carbocycles. The Kier molecular flexibility index (Phi) is 7.44. The molecule has 0 radical (unpaired) electrons. The molecule has 0 saturated carbocycles. The Hall–Kier alpha value is -2.32. The van der Waals surface area contributed by atoms with Crippen molar-refractivity contribution < 1.29 is 28.2 Å². The highest BCUT2D eigenvalue weighted by Gasteiger charge is 2.20. The molecular formula is C18H16BrClFNO5. The quantitative estimate of drug-likeness (QED) is 0.627. The van der Waals surface area contributed by atoms with Gasteiger partial charge in [0.2, 0.25) is 0 Å². The molecule has 0 aromatic heterocycles. The van der Waals surface area contributed by atoms with E-state index in [4.69, 9.17) is 25.8 Å². The Morgan fingerprint density at radius 2 is 1.93 bits per heavy atom. The monoisotopic (exact) mass is 459 g/mol. The van der Waals surface area contributed by atoms with Crippen LogP contribution in [0.4, 0.5) is 10.1 Å². The zero-order chi connectivity index (χ0) is 20.0. The minimum Gasteiger partial charge on any atom is -0.495 e. The fourth-order valence-corrected chi connectivity index (χ4v) is 2.66. The van der Waals surface area contributed by atoms with Crippen molar-refractivity contribution in [2.45, 2.75) is 13.0 Å². The number of hydrogen-bond acceptors (Lipinski definition) is 5. The third kappa shape index (κ3) is 6.11. The SMILES string of the molecule is COc1ccc(Cl)cc1NC(=O)C(C)OC(=O)COc1ccc(F)cc1Br. The van der Waals surface area contributed by atoms with Gasteiger partial charge in [-0.1, -0.05) is 11.6 Å². The van der Waals surface area contributed by atoms with E-state index < -0.39 is 30.4 Å². The molecule has 0 heterocycles. The van der Waals surface area contributed by atoms with Crippen LogP contribution in [0.15, 0.2) is 40.9 Å². The second-order valence-corrected chi connectivity index (χ2v) is 6.62. The summed E-state index contributed by atoms with van der Waals surface area (Å²) in [6.45, 7) is 0.973. The highest BCUT2D eigenvalue weighted by atomic mass is 79.9. The molecule has 1 N–H and O–H groups in total. The van der Waals surface area contributed by atoms with E-state index in [0.717, 1.165) is 0 Å². The zero-order valence-electron chi connectivity index (χ0n) is 14.4. The number of halogens is 3. The molecule has 2 rings (SSSR count). The van der Waals surface area contributed by atoms with Gasteiger partial charge in [0.05, 0.1) is 17.3 Å². The van der Waals surface area contributed by atoms with Gasteiger partial charge in [-0.05, 0) is 59.3 Å². The van der Waals surface area contributed by atoms with Gasteiger partial charge < -0.3 is 19.5 Å². The molecule has 0 aliphatic carbocycles. The number of rotatable bonds is 7. The third-order valence-corrected chi connectivity index (χ3v) is 4.19. The number of nitrogens with one attached hydrogen (secondary N) is 1. The number of anilines is 1. The van der Waals surface area contributed by atoms with E-state index in [1.165, 1.54) is 38.3 Å². The molecule has 9 heteroatoms. The summed E-state index contributed by atoms with van der Waals surface area (Å²) in [5.41, 5.74) is 0.351. The minimum atomic E-state index is -1.08. The van der Waals surface area contributed by atoms with E-state index in [0.29, 0.717) is 20.9 Å². The summed E-state index contributed by atoms with van der Waals surface area (Å²) in [6.07, 6.45) is -1.08. The summed E-state index contributed by atoms with van der Waals surface area (Å²) < 4.78 is 28.8. The maximum absolute atomic E-state index is 13.0. The summed E-state index contributed by atoms with van der Waals surface area (Å²) in [7, 11) is 1.45. The summed E-state index contributed by atoms with van der Waals surface area (Å²) in [5, 5.41) is 2.99. The summed E-state index contributed by atoms with van der Waals surface area (Å²) in [6, 6.07) is 8.50. The van der Waals surface area contributed by atoms with Gasteiger partial charge in [0.25, 0.3) is 5.91 Å². The zero-order valence-corrected chi connectivity index (χ0v) is 16.8. The Balaban J connectivity index is 1.90. The normalized spacial score (nSPS) is 11.4. The van der Waals surface area contributed by atoms with Crippen molar-refractivity contribution in [2.24, 2.45) is 0 Å². The average Bonchev–Trinajstić information content (AvgIpc) is 2.61. The standard InChI is InChI=1S/C18H16BrClFNO5/c1-10(18(24)22-14-7-11(20)3-5-16(14)25-2)27-17(23)9-26-15-6-4-12(21)8-13(15)19/h3-8,10H,9H2,1-2H3,(H,22,24). The lowest BCUT2D eigenvalue weighted by Gasteiger charge is -2.16. The number of ether oxygens (including phenoxy) is 3. The molecule has 144 valence electrons. The van der Waals surface area contributed by atoms with Crippen LogP contribution in [0.25, 0.3) is 0 Å². The largest absolute Gasteiger partial charge is 0.495 e. The minimum absolute atomic E-state index is 0.272. The number of carbonyl (C=O) groups is 2. The lowest BCUT2D eigenvalue weighted by atomic mass is 10.2. The van der Waals surface area contributed by atoms with E-state index >= 15 is 0 Å². The Bertz CT molecular complexity index is 848. The molecule has 6 nitrogen and oxygen atoms in total. The van der Waals surface area contributed by atoms with Crippen molar-refractivity contribution in [3.05, 3.63) is 51.7 Å². The van der Waals surface area contributed by atoms with Gasteiger partial charge in [0, 0.05) is 5.02 Å². The smallest absolute Gasteiger partial charge is 0.344 e. The van der Waals surface area contributed by atoms with Crippen molar-refractivity contribution >= 4 is 45.1 Å². The molecule has 2 aromatic rings. The first-order valence-corrected chi connectivity index (χ1v) is 8.89. The Morgan fingerprint density at radius 3 is 2.59 bits per heavy atom. The van der Waals surface area contributed by atoms with E-state index in [-0.39, 0.29) is 5.75 Å². The number of hydrogen-bond donors (Lipinski definition) is 1. The van der Waals surface area contributed by atoms with Gasteiger partial charge in [0.1, 0.15) is 17.3 Å². The number of amides is 1. The predicted molar refractivity (Wildman–Crippen MR) is 102 cm³/mol. The van der Waals surface area contributed by atoms with Crippen molar-refractivity contribution in [3.63, 3.8) is 0 Å². The van der Waals surface area contributed by atoms with Crippen LogP contribution < -0.4 is 14.8 Å². The predicted octanol–water partition coefficient (Wildman–Crippen LogP) is 4.20. The van der Waals surface area contributed by atoms with Crippen molar-refractivity contribution in [2.75, 3.05) is 19.0 Å². The van der Waals surface area contributed by atoms with Crippen LogP contribution in [-0.2, 0) is 14.3 Å². The maximum atomic E-state index is 13.0. The molecule has 27 heavy (non-hydrogen) atoms. The molecule has 1 atom stereocenters. The van der Waals surface area contributed by atoms with Crippen LogP contribution in [0.2, 0.25) is 5.02 Å². The van der Waals surface area contributed by atoms with Gasteiger partial charge in [0.15, 0.2) is 12.7 Å². The van der Waals surface area contributed by atoms with E-state index in [2.05, 4.69) is 21.2 Å². The fraction of sp³-hybridized carbons (Fsp3) is 0.222. The lowest BCUT2D eigenvalue weighted by Crippen LogP contribution is -2.31. The Labute approximate surface area is 168 Å². The van der Waals surface area contributed by atoms with Gasteiger partial charge in [-0.25, -0.2) is 9.18 Å². The molecule has 0 spiro atoms. The molecule has 0 aliphatic rings. The number of esters is 1. The summed E-state index contributed by atoms with van der Waals surface area (Å²) in [4.78, 5) is 24.1. The van der Waals surface area contributed by atoms with Crippen LogP contribution in [-0.4, -0.2) is 31.7 Å². The average molecular weight is 461 g/mol. The fourth-order valence-electron chi connectivity index (χ4n) is 2.03. The van der Waals surface area contributed by atoms with Gasteiger partial charge in [-0.3, -0.25) is 4.79 Å². The first-order chi connectivity index (χ1) is 12.8. The first-order valence-electron chi connectivity index (χ1n) is 7.72. The summed E-state index contributed by atoms with van der Waals surface area (Å²) in [5.74, 6) is -1.08.